The SMILES string of the molecule is COc1cc(C(=O)NC(CN2CCOCC2)c2ccccc2)ccc1C1CNNC1. The van der Waals surface area contributed by atoms with E-state index in [1.165, 1.54) is 0 Å². The third-order valence-electron chi connectivity index (χ3n) is 5.81. The maximum atomic E-state index is 13.1. The summed E-state index contributed by atoms with van der Waals surface area (Å²) < 4.78 is 11.1. The first-order valence-corrected chi connectivity index (χ1v) is 10.5. The van der Waals surface area contributed by atoms with E-state index in [-0.39, 0.29) is 11.9 Å². The van der Waals surface area contributed by atoms with Crippen LogP contribution in [0.4, 0.5) is 0 Å². The molecule has 0 saturated carbocycles. The molecule has 4 rings (SSSR count). The van der Waals surface area contributed by atoms with Crippen molar-refractivity contribution in [3.63, 3.8) is 0 Å². The number of nitrogens with zero attached hydrogens (tertiary/aromatic N) is 1. The molecule has 0 spiro atoms. The van der Waals surface area contributed by atoms with Crippen LogP contribution in [0.5, 0.6) is 5.75 Å². The molecule has 1 atom stereocenters. The zero-order valence-corrected chi connectivity index (χ0v) is 17.4. The van der Waals surface area contributed by atoms with Gasteiger partial charge in [-0.1, -0.05) is 36.4 Å². The van der Waals surface area contributed by atoms with Crippen molar-refractivity contribution in [2.75, 3.05) is 53.0 Å². The lowest BCUT2D eigenvalue weighted by Crippen LogP contribution is -2.43. The van der Waals surface area contributed by atoms with Crippen LogP contribution in [-0.4, -0.2) is 63.9 Å². The Morgan fingerprint density at radius 1 is 1.17 bits per heavy atom. The van der Waals surface area contributed by atoms with E-state index in [9.17, 15) is 4.79 Å². The first-order valence-electron chi connectivity index (χ1n) is 10.5. The molecule has 7 nitrogen and oxygen atoms in total. The van der Waals surface area contributed by atoms with E-state index in [1.54, 1.807) is 7.11 Å². The Morgan fingerprint density at radius 2 is 1.90 bits per heavy atom. The molecule has 0 aliphatic carbocycles. The van der Waals surface area contributed by atoms with Crippen LogP contribution in [0.1, 0.15) is 33.4 Å². The molecule has 7 heteroatoms. The Morgan fingerprint density at radius 3 is 2.60 bits per heavy atom. The second-order valence-electron chi connectivity index (χ2n) is 7.77. The van der Waals surface area contributed by atoms with Crippen LogP contribution in [0, 0.1) is 0 Å². The number of methoxy groups -OCH3 is 1. The van der Waals surface area contributed by atoms with Crippen molar-refractivity contribution in [1.29, 1.82) is 0 Å². The smallest absolute Gasteiger partial charge is 0.251 e. The molecule has 2 heterocycles. The minimum Gasteiger partial charge on any atom is -0.496 e. The number of ether oxygens (including phenoxy) is 2. The Kier molecular flexibility index (Phi) is 6.96. The second-order valence-corrected chi connectivity index (χ2v) is 7.77. The zero-order valence-electron chi connectivity index (χ0n) is 17.4. The molecule has 0 bridgehead atoms. The molecule has 2 aromatic carbocycles. The monoisotopic (exact) mass is 410 g/mol. The molecule has 1 amide bonds. The van der Waals surface area contributed by atoms with Gasteiger partial charge in [0.1, 0.15) is 5.75 Å². The van der Waals surface area contributed by atoms with Gasteiger partial charge in [-0.15, -0.1) is 0 Å². The third-order valence-corrected chi connectivity index (χ3v) is 5.81. The summed E-state index contributed by atoms with van der Waals surface area (Å²) in [4.78, 5) is 15.5. The summed E-state index contributed by atoms with van der Waals surface area (Å²) in [5.74, 6) is 0.989. The van der Waals surface area contributed by atoms with E-state index in [2.05, 4.69) is 33.2 Å². The number of hydrogen-bond donors (Lipinski definition) is 3. The van der Waals surface area contributed by atoms with Gasteiger partial charge in [-0.3, -0.25) is 20.5 Å². The van der Waals surface area contributed by atoms with E-state index < -0.39 is 0 Å². The minimum absolute atomic E-state index is 0.0919. The van der Waals surface area contributed by atoms with Crippen molar-refractivity contribution >= 4 is 5.91 Å². The van der Waals surface area contributed by atoms with Gasteiger partial charge in [0.15, 0.2) is 0 Å². The molecule has 1 unspecified atom stereocenters. The number of rotatable bonds is 7. The Labute approximate surface area is 177 Å². The normalized spacial score (nSPS) is 18.8. The molecule has 160 valence electrons. The molecule has 0 radical (unpaired) electrons. The number of hydrazine groups is 1. The van der Waals surface area contributed by atoms with Gasteiger partial charge in [-0.2, -0.15) is 0 Å². The molecule has 30 heavy (non-hydrogen) atoms. The van der Waals surface area contributed by atoms with Crippen molar-refractivity contribution in [2.24, 2.45) is 0 Å². The molecule has 2 aromatic rings. The Bertz CT molecular complexity index is 834. The summed E-state index contributed by atoms with van der Waals surface area (Å²) in [6.07, 6.45) is 0. The number of amides is 1. The lowest BCUT2D eigenvalue weighted by atomic mass is 9.97. The average Bonchev–Trinajstić information content (AvgIpc) is 3.34. The van der Waals surface area contributed by atoms with Gasteiger partial charge in [0.25, 0.3) is 5.91 Å². The summed E-state index contributed by atoms with van der Waals surface area (Å²) in [6.45, 7) is 5.68. The maximum absolute atomic E-state index is 13.1. The highest BCUT2D eigenvalue weighted by molar-refractivity contribution is 5.95. The van der Waals surface area contributed by atoms with Gasteiger partial charge >= 0.3 is 0 Å². The summed E-state index contributed by atoms with van der Waals surface area (Å²) in [7, 11) is 1.65. The Balaban J connectivity index is 1.51. The molecular weight excluding hydrogens is 380 g/mol. The molecule has 2 saturated heterocycles. The fraction of sp³-hybridized carbons (Fsp3) is 0.435. The van der Waals surface area contributed by atoms with Crippen LogP contribution in [0.25, 0.3) is 0 Å². The maximum Gasteiger partial charge on any atom is 0.251 e. The average molecular weight is 411 g/mol. The van der Waals surface area contributed by atoms with Crippen LogP contribution >= 0.6 is 0 Å². The number of carbonyl (C=O) groups is 1. The fourth-order valence-electron chi connectivity index (χ4n) is 4.08. The molecular formula is C23H30N4O3. The molecule has 0 aromatic heterocycles. The predicted octanol–water partition coefficient (Wildman–Crippen LogP) is 1.69. The molecule has 3 N–H and O–H groups in total. The first-order chi connectivity index (χ1) is 14.7. The fourth-order valence-corrected chi connectivity index (χ4v) is 4.08. The Hall–Kier alpha value is -2.45. The lowest BCUT2D eigenvalue weighted by molar-refractivity contribution is 0.0332. The number of hydrogen-bond acceptors (Lipinski definition) is 6. The van der Waals surface area contributed by atoms with Gasteiger partial charge in [0, 0.05) is 44.2 Å². The standard InChI is InChI=1S/C23H30N4O3/c1-29-22-13-18(7-8-20(22)19-14-24-25-15-19)23(28)26-21(17-5-3-2-4-6-17)16-27-9-11-30-12-10-27/h2-8,13,19,21,24-25H,9-12,14-16H2,1H3,(H,26,28). The van der Waals surface area contributed by atoms with E-state index in [0.717, 1.165) is 62.8 Å². The van der Waals surface area contributed by atoms with E-state index in [0.29, 0.717) is 11.5 Å². The molecule has 2 aliphatic rings. The lowest BCUT2D eigenvalue weighted by Gasteiger charge is -2.31. The van der Waals surface area contributed by atoms with Crippen molar-refractivity contribution in [3.8, 4) is 5.75 Å². The summed E-state index contributed by atoms with van der Waals surface area (Å²) in [6, 6.07) is 15.8. The van der Waals surface area contributed by atoms with Gasteiger partial charge in [0.05, 0.1) is 26.4 Å². The van der Waals surface area contributed by atoms with Crippen molar-refractivity contribution in [1.82, 2.24) is 21.1 Å². The quantitative estimate of drug-likeness (QED) is 0.645. The summed E-state index contributed by atoms with van der Waals surface area (Å²) in [5.41, 5.74) is 9.11. The summed E-state index contributed by atoms with van der Waals surface area (Å²) in [5, 5.41) is 3.24. The largest absolute Gasteiger partial charge is 0.496 e. The van der Waals surface area contributed by atoms with Crippen LogP contribution in [0.2, 0.25) is 0 Å². The number of carbonyl (C=O) groups excluding carboxylic acids is 1. The van der Waals surface area contributed by atoms with E-state index in [4.69, 9.17) is 9.47 Å². The zero-order chi connectivity index (χ0) is 20.8. The van der Waals surface area contributed by atoms with Crippen molar-refractivity contribution in [3.05, 3.63) is 65.2 Å². The van der Waals surface area contributed by atoms with Crippen molar-refractivity contribution < 1.29 is 14.3 Å². The van der Waals surface area contributed by atoms with Crippen LogP contribution in [0.3, 0.4) is 0 Å². The van der Waals surface area contributed by atoms with Gasteiger partial charge < -0.3 is 14.8 Å². The number of morpholine rings is 1. The molecule has 2 aliphatic heterocycles. The third kappa shape index (κ3) is 4.99. The van der Waals surface area contributed by atoms with Crippen LogP contribution in [0.15, 0.2) is 48.5 Å². The highest BCUT2D eigenvalue weighted by Crippen LogP contribution is 2.29. The second kappa shape index (κ2) is 10.0. The first kappa shape index (κ1) is 20.8. The topological polar surface area (TPSA) is 74.9 Å². The van der Waals surface area contributed by atoms with Gasteiger partial charge in [-0.05, 0) is 23.3 Å². The van der Waals surface area contributed by atoms with Crippen molar-refractivity contribution in [2.45, 2.75) is 12.0 Å². The van der Waals surface area contributed by atoms with Crippen LogP contribution < -0.4 is 20.9 Å². The highest BCUT2D eigenvalue weighted by atomic mass is 16.5. The highest BCUT2D eigenvalue weighted by Gasteiger charge is 2.23. The summed E-state index contributed by atoms with van der Waals surface area (Å²) >= 11 is 0. The minimum atomic E-state index is -0.0929. The van der Waals surface area contributed by atoms with E-state index in [1.807, 2.05) is 36.4 Å². The number of benzene rings is 2. The van der Waals surface area contributed by atoms with Gasteiger partial charge in [0.2, 0.25) is 0 Å². The predicted molar refractivity (Wildman–Crippen MR) is 116 cm³/mol. The molecule has 2 fully saturated rings. The van der Waals surface area contributed by atoms with Crippen LogP contribution in [-0.2, 0) is 4.74 Å². The van der Waals surface area contributed by atoms with Gasteiger partial charge in [-0.25, -0.2) is 0 Å². The number of nitrogens with one attached hydrogen (secondary N) is 3. The van der Waals surface area contributed by atoms with E-state index >= 15 is 0 Å².